The molecule has 0 aliphatic heterocycles. The van der Waals surface area contributed by atoms with Gasteiger partial charge in [-0.15, -0.1) is 11.3 Å². The lowest BCUT2D eigenvalue weighted by Crippen LogP contribution is -2.11. The zero-order valence-electron chi connectivity index (χ0n) is 10.00. The first kappa shape index (κ1) is 11.3. The van der Waals surface area contributed by atoms with Crippen molar-refractivity contribution in [2.75, 3.05) is 0 Å². The minimum atomic E-state index is -0.0867. The Hall–Kier alpha value is -1.78. The van der Waals surface area contributed by atoms with Crippen molar-refractivity contribution in [2.45, 2.75) is 13.0 Å². The monoisotopic (exact) mass is 255 g/mol. The molecule has 0 fully saturated rings. The smallest absolute Gasteiger partial charge is 0.0890 e. The van der Waals surface area contributed by atoms with Crippen molar-refractivity contribution in [1.29, 1.82) is 0 Å². The molecule has 0 saturated carbocycles. The van der Waals surface area contributed by atoms with Gasteiger partial charge in [-0.3, -0.25) is 9.97 Å². The first-order valence-corrected chi connectivity index (χ1v) is 6.64. The summed E-state index contributed by atoms with van der Waals surface area (Å²) in [6, 6.07) is 8.03. The van der Waals surface area contributed by atoms with E-state index in [-0.39, 0.29) is 6.04 Å². The molecule has 3 aromatic rings. The van der Waals surface area contributed by atoms with Gasteiger partial charge in [0.1, 0.15) is 0 Å². The Morgan fingerprint density at radius 3 is 2.61 bits per heavy atom. The maximum Gasteiger partial charge on any atom is 0.0890 e. The summed E-state index contributed by atoms with van der Waals surface area (Å²) in [7, 11) is 0. The third kappa shape index (κ3) is 1.89. The van der Waals surface area contributed by atoms with Gasteiger partial charge in [0, 0.05) is 17.3 Å². The number of thiophene rings is 1. The van der Waals surface area contributed by atoms with Crippen LogP contribution in [0, 0.1) is 6.92 Å². The minimum absolute atomic E-state index is 0.0867. The molecule has 90 valence electrons. The van der Waals surface area contributed by atoms with Gasteiger partial charge in [0.15, 0.2) is 0 Å². The van der Waals surface area contributed by atoms with Crippen molar-refractivity contribution in [1.82, 2.24) is 9.97 Å². The maximum atomic E-state index is 6.31. The van der Waals surface area contributed by atoms with Crippen LogP contribution in [-0.2, 0) is 0 Å². The second-order valence-electron chi connectivity index (χ2n) is 4.25. The fourth-order valence-corrected chi connectivity index (χ4v) is 2.98. The van der Waals surface area contributed by atoms with Crippen LogP contribution in [0.4, 0.5) is 0 Å². The molecule has 0 spiro atoms. The quantitative estimate of drug-likeness (QED) is 0.765. The molecular formula is C14H13N3S. The summed E-state index contributed by atoms with van der Waals surface area (Å²) in [6.07, 6.45) is 3.40. The number of nitrogens with two attached hydrogens (primary N) is 1. The number of hydrogen-bond donors (Lipinski definition) is 1. The van der Waals surface area contributed by atoms with Gasteiger partial charge in [-0.25, -0.2) is 0 Å². The first-order chi connectivity index (χ1) is 8.75. The molecule has 3 rings (SSSR count). The van der Waals surface area contributed by atoms with Gasteiger partial charge in [-0.1, -0.05) is 6.07 Å². The van der Waals surface area contributed by atoms with E-state index in [1.807, 2.05) is 18.2 Å². The van der Waals surface area contributed by atoms with E-state index in [0.717, 1.165) is 16.6 Å². The summed E-state index contributed by atoms with van der Waals surface area (Å²) in [6.45, 7) is 2.09. The minimum Gasteiger partial charge on any atom is -0.320 e. The molecule has 0 aliphatic carbocycles. The van der Waals surface area contributed by atoms with E-state index in [1.165, 1.54) is 10.4 Å². The van der Waals surface area contributed by atoms with Gasteiger partial charge in [0.25, 0.3) is 0 Å². The lowest BCUT2D eigenvalue weighted by molar-refractivity contribution is 0.886. The fraction of sp³-hybridized carbons (Fsp3) is 0.143. The number of nitrogens with zero attached hydrogens (tertiary/aromatic N) is 2. The fourth-order valence-electron chi connectivity index (χ4n) is 2.03. The van der Waals surface area contributed by atoms with Crippen LogP contribution in [-0.4, -0.2) is 9.97 Å². The molecule has 0 radical (unpaired) electrons. The lowest BCUT2D eigenvalue weighted by atomic mass is 10.0. The third-order valence-electron chi connectivity index (χ3n) is 3.04. The highest BCUT2D eigenvalue weighted by molar-refractivity contribution is 7.10. The van der Waals surface area contributed by atoms with Gasteiger partial charge in [0.05, 0.1) is 17.1 Å². The second-order valence-corrected chi connectivity index (χ2v) is 5.20. The molecule has 18 heavy (non-hydrogen) atoms. The molecule has 1 atom stereocenters. The Bertz CT molecular complexity index is 690. The van der Waals surface area contributed by atoms with Crippen molar-refractivity contribution in [2.24, 2.45) is 5.73 Å². The van der Waals surface area contributed by atoms with Crippen LogP contribution in [0.2, 0.25) is 0 Å². The molecule has 1 unspecified atom stereocenters. The maximum absolute atomic E-state index is 6.31. The summed E-state index contributed by atoms with van der Waals surface area (Å²) in [5, 5.41) is 2.07. The molecule has 0 amide bonds. The van der Waals surface area contributed by atoms with E-state index in [4.69, 9.17) is 5.73 Å². The number of hydrogen-bond acceptors (Lipinski definition) is 4. The number of rotatable bonds is 2. The number of fused-ring (bicyclic) bond motifs is 1. The second kappa shape index (κ2) is 4.48. The molecule has 2 aromatic heterocycles. The van der Waals surface area contributed by atoms with Crippen molar-refractivity contribution in [3.8, 4) is 0 Å². The summed E-state index contributed by atoms with van der Waals surface area (Å²) in [5.74, 6) is 0. The normalized spacial score (nSPS) is 12.8. The predicted molar refractivity (Wildman–Crippen MR) is 74.6 cm³/mol. The zero-order valence-corrected chi connectivity index (χ0v) is 10.8. The van der Waals surface area contributed by atoms with Crippen molar-refractivity contribution in [3.63, 3.8) is 0 Å². The van der Waals surface area contributed by atoms with Crippen LogP contribution < -0.4 is 5.73 Å². The molecule has 4 heteroatoms. The van der Waals surface area contributed by atoms with Gasteiger partial charge < -0.3 is 5.73 Å². The average Bonchev–Trinajstić information content (AvgIpc) is 2.83. The van der Waals surface area contributed by atoms with E-state index in [1.54, 1.807) is 23.7 Å². The van der Waals surface area contributed by atoms with Crippen molar-refractivity contribution >= 4 is 22.4 Å². The predicted octanol–water partition coefficient (Wildman–Crippen LogP) is 3.05. The van der Waals surface area contributed by atoms with E-state index < -0.39 is 0 Å². The molecule has 3 nitrogen and oxygen atoms in total. The zero-order chi connectivity index (χ0) is 12.5. The molecule has 2 heterocycles. The van der Waals surface area contributed by atoms with Crippen LogP contribution in [0.25, 0.3) is 11.0 Å². The van der Waals surface area contributed by atoms with Crippen LogP contribution in [0.15, 0.2) is 42.0 Å². The standard InChI is InChI=1S/C14H13N3S/c1-9-4-7-18-14(9)13(15)10-2-3-11-12(8-10)17-6-5-16-11/h2-8,13H,15H2,1H3. The first-order valence-electron chi connectivity index (χ1n) is 5.76. The largest absolute Gasteiger partial charge is 0.320 e. The Kier molecular flexibility index (Phi) is 2.81. The SMILES string of the molecule is Cc1ccsc1C(N)c1ccc2nccnc2c1. The van der Waals surface area contributed by atoms with Crippen LogP contribution in [0.3, 0.4) is 0 Å². The lowest BCUT2D eigenvalue weighted by Gasteiger charge is -2.12. The Balaban J connectivity index is 2.07. The summed E-state index contributed by atoms with van der Waals surface area (Å²) in [4.78, 5) is 9.78. The van der Waals surface area contributed by atoms with Crippen molar-refractivity contribution < 1.29 is 0 Å². The summed E-state index contributed by atoms with van der Waals surface area (Å²) < 4.78 is 0. The van der Waals surface area contributed by atoms with Gasteiger partial charge in [-0.2, -0.15) is 0 Å². The molecular weight excluding hydrogens is 242 g/mol. The topological polar surface area (TPSA) is 51.8 Å². The van der Waals surface area contributed by atoms with Crippen LogP contribution >= 0.6 is 11.3 Å². The highest BCUT2D eigenvalue weighted by Crippen LogP contribution is 2.28. The highest BCUT2D eigenvalue weighted by atomic mass is 32.1. The van der Waals surface area contributed by atoms with Gasteiger partial charge >= 0.3 is 0 Å². The van der Waals surface area contributed by atoms with Gasteiger partial charge in [-0.05, 0) is 41.6 Å². The molecule has 2 N–H and O–H groups in total. The molecule has 0 saturated heterocycles. The number of aryl methyl sites for hydroxylation is 1. The molecule has 1 aromatic carbocycles. The molecule has 0 aliphatic rings. The highest BCUT2D eigenvalue weighted by Gasteiger charge is 2.13. The van der Waals surface area contributed by atoms with E-state index in [9.17, 15) is 0 Å². The Morgan fingerprint density at radius 1 is 1.11 bits per heavy atom. The summed E-state index contributed by atoms with van der Waals surface area (Å²) in [5.41, 5.74) is 10.4. The Morgan fingerprint density at radius 2 is 1.89 bits per heavy atom. The summed E-state index contributed by atoms with van der Waals surface area (Å²) >= 11 is 1.70. The van der Waals surface area contributed by atoms with Crippen molar-refractivity contribution in [3.05, 3.63) is 58.0 Å². The van der Waals surface area contributed by atoms with Crippen LogP contribution in [0.5, 0.6) is 0 Å². The third-order valence-corrected chi connectivity index (χ3v) is 4.14. The van der Waals surface area contributed by atoms with Crippen LogP contribution in [0.1, 0.15) is 22.0 Å². The van der Waals surface area contributed by atoms with Gasteiger partial charge in [0.2, 0.25) is 0 Å². The van der Waals surface area contributed by atoms with E-state index in [0.29, 0.717) is 0 Å². The number of aromatic nitrogens is 2. The van der Waals surface area contributed by atoms with E-state index in [2.05, 4.69) is 28.3 Å². The average molecular weight is 255 g/mol. The molecule has 0 bridgehead atoms. The Labute approximate surface area is 109 Å². The number of benzene rings is 1. The van der Waals surface area contributed by atoms with E-state index >= 15 is 0 Å².